The molecule has 0 radical (unpaired) electrons. The first-order valence-corrected chi connectivity index (χ1v) is 8.41. The predicted octanol–water partition coefficient (Wildman–Crippen LogP) is 4.20. The van der Waals surface area contributed by atoms with Crippen LogP contribution >= 0.6 is 0 Å². The zero-order valence-electron chi connectivity index (χ0n) is 14.2. The Morgan fingerprint density at radius 2 is 1.84 bits per heavy atom. The summed E-state index contributed by atoms with van der Waals surface area (Å²) in [6, 6.07) is 13.6. The number of ketones is 1. The normalized spacial score (nSPS) is 25.0. The van der Waals surface area contributed by atoms with E-state index in [0.717, 1.165) is 16.3 Å². The minimum absolute atomic E-state index is 0.0336. The van der Waals surface area contributed by atoms with Gasteiger partial charge in [0.15, 0.2) is 5.78 Å². The number of hydrogen-bond acceptors (Lipinski definition) is 4. The predicted molar refractivity (Wildman–Crippen MR) is 93.6 cm³/mol. The van der Waals surface area contributed by atoms with Crippen molar-refractivity contribution in [2.45, 2.75) is 38.8 Å². The van der Waals surface area contributed by atoms with Crippen LogP contribution in [0.4, 0.5) is 0 Å². The second-order valence-corrected chi connectivity index (χ2v) is 7.66. The average molecular weight is 337 g/mol. The quantitative estimate of drug-likeness (QED) is 0.608. The van der Waals surface area contributed by atoms with Gasteiger partial charge in [-0.25, -0.2) is 0 Å². The van der Waals surface area contributed by atoms with Crippen molar-refractivity contribution in [1.29, 1.82) is 0 Å². The van der Waals surface area contributed by atoms with E-state index < -0.39 is 17.1 Å². The number of Topliss-reactive ketones (excluding diaryl/α,β-unsaturated/α-hetero) is 1. The standard InChI is InChI=1S/C20H19NO4/c1-20(2)10-15(22)18-16(11-20)25-19(21(23)24)17(18)14-8-7-12-5-3-4-6-13(12)9-14/h3-9,17,19H,10-11H2,1-2H3/t17-,19-/m0/s1. The van der Waals surface area contributed by atoms with Crippen LogP contribution in [0.2, 0.25) is 0 Å². The molecule has 0 unspecified atom stereocenters. The fourth-order valence-corrected chi connectivity index (χ4v) is 3.98. The van der Waals surface area contributed by atoms with Crippen molar-refractivity contribution < 1.29 is 14.5 Å². The van der Waals surface area contributed by atoms with Gasteiger partial charge in [0, 0.05) is 12.8 Å². The summed E-state index contributed by atoms with van der Waals surface area (Å²) in [5.41, 5.74) is 1.03. The van der Waals surface area contributed by atoms with Gasteiger partial charge in [0.25, 0.3) is 0 Å². The molecular formula is C20H19NO4. The van der Waals surface area contributed by atoms with Gasteiger partial charge in [-0.15, -0.1) is 0 Å². The van der Waals surface area contributed by atoms with Crippen molar-refractivity contribution in [3.63, 3.8) is 0 Å². The number of allylic oxidation sites excluding steroid dienone is 1. The Labute approximate surface area is 145 Å². The van der Waals surface area contributed by atoms with E-state index in [0.29, 0.717) is 24.2 Å². The third-order valence-electron chi connectivity index (χ3n) is 5.08. The molecule has 5 heteroatoms. The lowest BCUT2D eigenvalue weighted by Crippen LogP contribution is -2.28. The molecule has 0 saturated carbocycles. The maximum Gasteiger partial charge on any atom is 0.364 e. The number of rotatable bonds is 2. The molecule has 2 aromatic carbocycles. The van der Waals surface area contributed by atoms with Gasteiger partial charge in [0.05, 0.1) is 10.5 Å². The lowest BCUT2D eigenvalue weighted by Gasteiger charge is -2.28. The molecule has 4 rings (SSSR count). The number of carbonyl (C=O) groups is 1. The van der Waals surface area contributed by atoms with Crippen LogP contribution in [0.3, 0.4) is 0 Å². The molecule has 0 spiro atoms. The van der Waals surface area contributed by atoms with Gasteiger partial charge in [0.1, 0.15) is 11.7 Å². The van der Waals surface area contributed by atoms with Crippen molar-refractivity contribution in [1.82, 2.24) is 0 Å². The van der Waals surface area contributed by atoms with E-state index in [4.69, 9.17) is 4.74 Å². The Bertz CT molecular complexity index is 928. The maximum atomic E-state index is 12.7. The molecule has 0 fully saturated rings. The summed E-state index contributed by atoms with van der Waals surface area (Å²) in [6.07, 6.45) is -0.282. The van der Waals surface area contributed by atoms with E-state index in [9.17, 15) is 14.9 Å². The zero-order valence-corrected chi connectivity index (χ0v) is 14.2. The van der Waals surface area contributed by atoms with Gasteiger partial charge < -0.3 is 4.74 Å². The minimum atomic E-state index is -1.23. The summed E-state index contributed by atoms with van der Waals surface area (Å²) in [5, 5.41) is 13.7. The number of carbonyl (C=O) groups excluding carboxylic acids is 1. The van der Waals surface area contributed by atoms with Gasteiger partial charge in [-0.3, -0.25) is 14.9 Å². The van der Waals surface area contributed by atoms with E-state index in [1.807, 2.05) is 56.3 Å². The average Bonchev–Trinajstić information content (AvgIpc) is 2.93. The lowest BCUT2D eigenvalue weighted by atomic mass is 9.73. The third kappa shape index (κ3) is 2.60. The molecule has 1 aliphatic carbocycles. The molecule has 0 N–H and O–H groups in total. The Morgan fingerprint density at radius 1 is 1.12 bits per heavy atom. The topological polar surface area (TPSA) is 69.4 Å². The number of hydrogen-bond donors (Lipinski definition) is 0. The summed E-state index contributed by atoms with van der Waals surface area (Å²) in [4.78, 5) is 23.9. The molecule has 5 nitrogen and oxygen atoms in total. The molecule has 1 aliphatic heterocycles. The number of fused-ring (bicyclic) bond motifs is 1. The fraction of sp³-hybridized carbons (Fsp3) is 0.350. The summed E-state index contributed by atoms with van der Waals surface area (Å²) >= 11 is 0. The second kappa shape index (κ2) is 5.41. The Hall–Kier alpha value is -2.69. The molecule has 2 aromatic rings. The van der Waals surface area contributed by atoms with Crippen LogP contribution in [0.1, 0.15) is 38.2 Å². The summed E-state index contributed by atoms with van der Waals surface area (Å²) in [7, 11) is 0. The minimum Gasteiger partial charge on any atom is -0.433 e. The van der Waals surface area contributed by atoms with Crippen LogP contribution in [-0.4, -0.2) is 16.9 Å². The lowest BCUT2D eigenvalue weighted by molar-refractivity contribution is -0.570. The Kier molecular flexibility index (Phi) is 3.42. The van der Waals surface area contributed by atoms with Gasteiger partial charge >= 0.3 is 6.23 Å². The fourth-order valence-electron chi connectivity index (χ4n) is 3.98. The van der Waals surface area contributed by atoms with Crippen molar-refractivity contribution in [3.8, 4) is 0 Å². The highest BCUT2D eigenvalue weighted by Crippen LogP contribution is 2.49. The molecule has 2 atom stereocenters. The van der Waals surface area contributed by atoms with Crippen molar-refractivity contribution in [3.05, 3.63) is 69.5 Å². The number of benzene rings is 2. The summed E-state index contributed by atoms with van der Waals surface area (Å²) in [6.45, 7) is 3.98. The summed E-state index contributed by atoms with van der Waals surface area (Å²) < 4.78 is 5.67. The van der Waals surface area contributed by atoms with E-state index in [-0.39, 0.29) is 11.2 Å². The van der Waals surface area contributed by atoms with Crippen LogP contribution in [0.5, 0.6) is 0 Å². The van der Waals surface area contributed by atoms with Crippen LogP contribution in [-0.2, 0) is 9.53 Å². The molecule has 2 aliphatic rings. The van der Waals surface area contributed by atoms with Crippen LogP contribution < -0.4 is 0 Å². The van der Waals surface area contributed by atoms with E-state index in [1.54, 1.807) is 0 Å². The first kappa shape index (κ1) is 15.8. The molecular weight excluding hydrogens is 318 g/mol. The molecule has 128 valence electrons. The van der Waals surface area contributed by atoms with Crippen molar-refractivity contribution in [2.24, 2.45) is 5.41 Å². The van der Waals surface area contributed by atoms with E-state index in [1.165, 1.54) is 0 Å². The molecule has 25 heavy (non-hydrogen) atoms. The van der Waals surface area contributed by atoms with Crippen LogP contribution in [0.25, 0.3) is 10.8 Å². The summed E-state index contributed by atoms with van der Waals surface area (Å²) in [5.74, 6) is -0.173. The van der Waals surface area contributed by atoms with Crippen molar-refractivity contribution in [2.75, 3.05) is 0 Å². The largest absolute Gasteiger partial charge is 0.433 e. The van der Waals surface area contributed by atoms with E-state index in [2.05, 4.69) is 0 Å². The SMILES string of the molecule is CC1(C)CC(=O)C2=C(C1)O[C@H]([N+](=O)[O-])[C@H]2c1ccc2ccccc2c1. The molecule has 0 saturated heterocycles. The number of nitrogens with zero attached hydrogens (tertiary/aromatic N) is 1. The molecule has 0 aromatic heterocycles. The van der Waals surface area contributed by atoms with Gasteiger partial charge in [-0.05, 0) is 21.8 Å². The first-order chi connectivity index (χ1) is 11.9. The van der Waals surface area contributed by atoms with Crippen molar-refractivity contribution >= 4 is 16.6 Å². The molecule has 0 bridgehead atoms. The number of nitro groups is 1. The highest BCUT2D eigenvalue weighted by molar-refractivity contribution is 5.99. The van der Waals surface area contributed by atoms with Gasteiger partial charge in [0.2, 0.25) is 0 Å². The molecule has 1 heterocycles. The smallest absolute Gasteiger partial charge is 0.364 e. The molecule has 0 amide bonds. The Balaban J connectivity index is 1.85. The maximum absolute atomic E-state index is 12.7. The van der Waals surface area contributed by atoms with Gasteiger partial charge in [-0.2, -0.15) is 0 Å². The van der Waals surface area contributed by atoms with E-state index >= 15 is 0 Å². The second-order valence-electron chi connectivity index (χ2n) is 7.66. The monoisotopic (exact) mass is 337 g/mol. The zero-order chi connectivity index (χ0) is 17.8. The third-order valence-corrected chi connectivity index (χ3v) is 5.08. The van der Waals surface area contributed by atoms with Gasteiger partial charge in [-0.1, -0.05) is 56.3 Å². The van der Waals surface area contributed by atoms with Crippen LogP contribution in [0, 0.1) is 15.5 Å². The Morgan fingerprint density at radius 3 is 2.56 bits per heavy atom. The highest BCUT2D eigenvalue weighted by Gasteiger charge is 2.51. The van der Waals surface area contributed by atoms with Crippen LogP contribution in [0.15, 0.2) is 53.8 Å². The number of ether oxygens (including phenoxy) is 1. The highest BCUT2D eigenvalue weighted by atomic mass is 16.7. The first-order valence-electron chi connectivity index (χ1n) is 8.41.